The summed E-state index contributed by atoms with van der Waals surface area (Å²) in [5, 5.41) is 16.7. The van der Waals surface area contributed by atoms with Crippen molar-refractivity contribution < 1.29 is 19.0 Å². The van der Waals surface area contributed by atoms with Crippen LogP contribution in [-0.4, -0.2) is 78.8 Å². The van der Waals surface area contributed by atoms with Gasteiger partial charge in [-0.1, -0.05) is 6.58 Å². The standard InChI is InChI=1S/C22H29FN8O3/c1-5-18(33)25-17-11-30(10-15(17)23)22-26-16(19-20(27-22)29(6-2)12-24-19)7-14-9-31(8-13(3)32)28-21(14)34-4/h5,9,12-13,15,17,32H,1,6-8,10-11H2,2-4H3,(H,25,33)/t13?,15-,17-/m1/s1. The molecule has 0 bridgehead atoms. The van der Waals surface area contributed by atoms with Gasteiger partial charge in [0.2, 0.25) is 17.7 Å². The lowest BCUT2D eigenvalue weighted by Gasteiger charge is -2.17. The van der Waals surface area contributed by atoms with E-state index in [1.165, 1.54) is 7.11 Å². The summed E-state index contributed by atoms with van der Waals surface area (Å²) in [6, 6.07) is -0.678. The summed E-state index contributed by atoms with van der Waals surface area (Å²) in [4.78, 5) is 27.3. The van der Waals surface area contributed by atoms with Crippen LogP contribution >= 0.6 is 0 Å². The Labute approximate surface area is 196 Å². The zero-order valence-electron chi connectivity index (χ0n) is 19.5. The topological polar surface area (TPSA) is 123 Å². The zero-order chi connectivity index (χ0) is 24.4. The molecule has 182 valence electrons. The number of alkyl halides is 1. The molecule has 1 unspecified atom stereocenters. The average molecular weight is 473 g/mol. The van der Waals surface area contributed by atoms with Gasteiger partial charge in [-0.25, -0.2) is 14.4 Å². The molecule has 1 aliphatic heterocycles. The van der Waals surface area contributed by atoms with Crippen molar-refractivity contribution >= 4 is 23.0 Å². The first kappa shape index (κ1) is 23.6. The van der Waals surface area contributed by atoms with Crippen LogP contribution in [-0.2, 0) is 24.3 Å². The number of aliphatic hydroxyl groups is 1. The molecule has 34 heavy (non-hydrogen) atoms. The fourth-order valence-corrected chi connectivity index (χ4v) is 4.07. The minimum absolute atomic E-state index is 0.0585. The van der Waals surface area contributed by atoms with Gasteiger partial charge >= 0.3 is 0 Å². The predicted molar refractivity (Wildman–Crippen MR) is 123 cm³/mol. The highest BCUT2D eigenvalue weighted by molar-refractivity contribution is 5.87. The SMILES string of the molecule is C=CC(=O)N[C@@H]1CN(c2nc(Cc3cn(CC(C)O)nc3OC)c3ncn(CC)c3n2)C[C@H]1F. The second-order valence-corrected chi connectivity index (χ2v) is 8.32. The van der Waals surface area contributed by atoms with Gasteiger partial charge in [0.1, 0.15) is 11.7 Å². The summed E-state index contributed by atoms with van der Waals surface area (Å²) >= 11 is 0. The Bertz CT molecular complexity index is 1190. The Kier molecular flexibility index (Phi) is 6.77. The molecule has 2 N–H and O–H groups in total. The molecule has 0 aromatic carbocycles. The van der Waals surface area contributed by atoms with E-state index in [1.54, 1.807) is 22.8 Å². The summed E-state index contributed by atoms with van der Waals surface area (Å²) in [5.41, 5.74) is 2.72. The van der Waals surface area contributed by atoms with E-state index in [0.29, 0.717) is 48.2 Å². The lowest BCUT2D eigenvalue weighted by Crippen LogP contribution is -2.40. The van der Waals surface area contributed by atoms with Crippen LogP contribution in [0.3, 0.4) is 0 Å². The van der Waals surface area contributed by atoms with E-state index in [9.17, 15) is 14.3 Å². The van der Waals surface area contributed by atoms with Crippen LogP contribution in [0.4, 0.5) is 10.3 Å². The first-order valence-electron chi connectivity index (χ1n) is 11.1. The predicted octanol–water partition coefficient (Wildman–Crippen LogP) is 0.852. The summed E-state index contributed by atoms with van der Waals surface area (Å²) in [6.45, 7) is 8.38. The number of nitrogens with zero attached hydrogens (tertiary/aromatic N) is 7. The van der Waals surface area contributed by atoms with Crippen molar-refractivity contribution in [2.75, 3.05) is 25.1 Å². The zero-order valence-corrected chi connectivity index (χ0v) is 19.5. The van der Waals surface area contributed by atoms with Crippen LogP contribution in [0.5, 0.6) is 5.88 Å². The second-order valence-electron chi connectivity index (χ2n) is 8.32. The Balaban J connectivity index is 1.69. The van der Waals surface area contributed by atoms with Crippen LogP contribution in [0.2, 0.25) is 0 Å². The molecule has 3 aromatic rings. The van der Waals surface area contributed by atoms with Gasteiger partial charge in [0.05, 0.1) is 44.4 Å². The molecule has 0 radical (unpaired) electrons. The van der Waals surface area contributed by atoms with Gasteiger partial charge in [0.15, 0.2) is 5.65 Å². The van der Waals surface area contributed by atoms with Crippen LogP contribution in [0.15, 0.2) is 25.2 Å². The molecule has 1 amide bonds. The summed E-state index contributed by atoms with van der Waals surface area (Å²) < 4.78 is 23.6. The number of hydrogen-bond donors (Lipinski definition) is 2. The number of amides is 1. The quantitative estimate of drug-likeness (QED) is 0.440. The molecule has 12 heteroatoms. The van der Waals surface area contributed by atoms with Crippen molar-refractivity contribution in [3.05, 3.63) is 36.4 Å². The van der Waals surface area contributed by atoms with E-state index in [-0.39, 0.29) is 13.1 Å². The highest BCUT2D eigenvalue weighted by Crippen LogP contribution is 2.27. The van der Waals surface area contributed by atoms with Gasteiger partial charge < -0.3 is 24.6 Å². The maximum atomic E-state index is 14.7. The number of aryl methyl sites for hydroxylation is 1. The van der Waals surface area contributed by atoms with Crippen LogP contribution in [0, 0.1) is 0 Å². The molecule has 0 saturated carbocycles. The highest BCUT2D eigenvalue weighted by atomic mass is 19.1. The maximum absolute atomic E-state index is 14.7. The average Bonchev–Trinajstić information content (AvgIpc) is 3.50. The van der Waals surface area contributed by atoms with Crippen LogP contribution in [0.1, 0.15) is 25.1 Å². The molecular formula is C22H29FN8O3. The van der Waals surface area contributed by atoms with Crippen LogP contribution in [0.25, 0.3) is 11.2 Å². The molecule has 0 aliphatic carbocycles. The number of rotatable bonds is 9. The Morgan fingerprint density at radius 2 is 2.24 bits per heavy atom. The highest BCUT2D eigenvalue weighted by Gasteiger charge is 2.35. The summed E-state index contributed by atoms with van der Waals surface area (Å²) in [5.74, 6) is 0.379. The molecule has 4 rings (SSSR count). The molecule has 0 spiro atoms. The van der Waals surface area contributed by atoms with Crippen molar-refractivity contribution in [1.82, 2.24) is 34.6 Å². The number of methoxy groups -OCH3 is 1. The normalized spacial score (nSPS) is 18.9. The number of hydrogen-bond acceptors (Lipinski definition) is 8. The molecular weight excluding hydrogens is 443 g/mol. The Hall–Kier alpha value is -3.54. The second kappa shape index (κ2) is 9.75. The number of nitrogens with one attached hydrogen (secondary N) is 1. The monoisotopic (exact) mass is 472 g/mol. The van der Waals surface area contributed by atoms with Crippen molar-refractivity contribution in [2.45, 2.75) is 51.7 Å². The number of ether oxygens (including phenoxy) is 1. The number of imidazole rings is 1. The largest absolute Gasteiger partial charge is 0.480 e. The number of fused-ring (bicyclic) bond motifs is 1. The van der Waals surface area contributed by atoms with E-state index in [4.69, 9.17) is 9.72 Å². The molecule has 3 atom stereocenters. The summed E-state index contributed by atoms with van der Waals surface area (Å²) in [6.07, 6.45) is 3.18. The van der Waals surface area contributed by atoms with Crippen molar-refractivity contribution in [2.24, 2.45) is 0 Å². The molecule has 1 aliphatic rings. The minimum atomic E-state index is -1.26. The fourth-order valence-electron chi connectivity index (χ4n) is 4.07. The number of halogens is 1. The van der Waals surface area contributed by atoms with Crippen molar-refractivity contribution in [3.8, 4) is 5.88 Å². The lowest BCUT2D eigenvalue weighted by molar-refractivity contribution is -0.117. The number of carbonyl (C=O) groups is 1. The number of carbonyl (C=O) groups excluding carboxylic acids is 1. The smallest absolute Gasteiger partial charge is 0.243 e. The molecule has 1 saturated heterocycles. The lowest BCUT2D eigenvalue weighted by atomic mass is 10.1. The fraction of sp³-hybridized carbons (Fsp3) is 0.500. The number of aromatic nitrogens is 6. The van der Waals surface area contributed by atoms with E-state index < -0.39 is 24.2 Å². The molecule has 4 heterocycles. The van der Waals surface area contributed by atoms with Crippen molar-refractivity contribution in [1.29, 1.82) is 0 Å². The number of anilines is 1. The molecule has 3 aromatic heterocycles. The minimum Gasteiger partial charge on any atom is -0.480 e. The van der Waals surface area contributed by atoms with Crippen LogP contribution < -0.4 is 15.0 Å². The third kappa shape index (κ3) is 4.72. The van der Waals surface area contributed by atoms with Gasteiger partial charge in [0, 0.05) is 31.3 Å². The van der Waals surface area contributed by atoms with Crippen molar-refractivity contribution in [3.63, 3.8) is 0 Å². The van der Waals surface area contributed by atoms with E-state index >= 15 is 0 Å². The first-order valence-corrected chi connectivity index (χ1v) is 11.1. The third-order valence-electron chi connectivity index (χ3n) is 5.71. The third-order valence-corrected chi connectivity index (χ3v) is 5.71. The first-order chi connectivity index (χ1) is 16.3. The number of aliphatic hydroxyl groups excluding tert-OH is 1. The van der Waals surface area contributed by atoms with Gasteiger partial charge in [-0.2, -0.15) is 4.98 Å². The Morgan fingerprint density at radius 1 is 1.44 bits per heavy atom. The van der Waals surface area contributed by atoms with E-state index in [0.717, 1.165) is 11.6 Å². The van der Waals surface area contributed by atoms with Gasteiger partial charge in [-0.3, -0.25) is 9.48 Å². The summed E-state index contributed by atoms with van der Waals surface area (Å²) in [7, 11) is 1.54. The van der Waals surface area contributed by atoms with E-state index in [2.05, 4.69) is 27.0 Å². The molecule has 11 nitrogen and oxygen atoms in total. The van der Waals surface area contributed by atoms with Gasteiger partial charge in [-0.05, 0) is 19.9 Å². The maximum Gasteiger partial charge on any atom is 0.243 e. The Morgan fingerprint density at radius 3 is 2.91 bits per heavy atom. The van der Waals surface area contributed by atoms with Gasteiger partial charge in [0.25, 0.3) is 0 Å². The van der Waals surface area contributed by atoms with Gasteiger partial charge in [-0.15, -0.1) is 5.10 Å². The molecule has 1 fully saturated rings. The van der Waals surface area contributed by atoms with E-state index in [1.807, 2.05) is 17.7 Å².